The van der Waals surface area contributed by atoms with Crippen LogP contribution in [0.1, 0.15) is 30.5 Å². The molecule has 1 heterocycles. The molecule has 2 amide bonds. The third-order valence-electron chi connectivity index (χ3n) is 4.62. The van der Waals surface area contributed by atoms with Crippen LogP contribution in [-0.4, -0.2) is 53.5 Å². The highest BCUT2D eigenvalue weighted by Crippen LogP contribution is 2.27. The lowest BCUT2D eigenvalue weighted by molar-refractivity contribution is -0.00875. The minimum Gasteiger partial charge on any atom is -0.381 e. The van der Waals surface area contributed by atoms with E-state index in [9.17, 15) is 4.79 Å². The Bertz CT molecular complexity index is 481. The zero-order valence-electron chi connectivity index (χ0n) is 12.1. The molecule has 1 aromatic rings. The van der Waals surface area contributed by atoms with Crippen LogP contribution in [0, 0.1) is 0 Å². The van der Waals surface area contributed by atoms with Crippen molar-refractivity contribution < 1.29 is 9.53 Å². The summed E-state index contributed by atoms with van der Waals surface area (Å²) in [4.78, 5) is 14.1. The minimum atomic E-state index is 0.0292. The first-order chi connectivity index (χ1) is 9.67. The van der Waals surface area contributed by atoms with Gasteiger partial charge < -0.3 is 15.0 Å². The number of amides is 2. The van der Waals surface area contributed by atoms with Gasteiger partial charge in [0.2, 0.25) is 0 Å². The summed E-state index contributed by atoms with van der Waals surface area (Å²) in [6.45, 7) is 0. The molecule has 0 aliphatic heterocycles. The Morgan fingerprint density at radius 3 is 3.10 bits per heavy atom. The molecule has 0 aromatic carbocycles. The van der Waals surface area contributed by atoms with Crippen molar-refractivity contribution in [2.24, 2.45) is 0 Å². The van der Waals surface area contributed by atoms with E-state index in [4.69, 9.17) is 4.74 Å². The van der Waals surface area contributed by atoms with Gasteiger partial charge in [-0.2, -0.15) is 5.10 Å². The minimum absolute atomic E-state index is 0.0292. The Labute approximate surface area is 118 Å². The highest BCUT2D eigenvalue weighted by Gasteiger charge is 2.35. The van der Waals surface area contributed by atoms with Crippen LogP contribution in [-0.2, 0) is 17.6 Å². The highest BCUT2D eigenvalue weighted by atomic mass is 16.5. The van der Waals surface area contributed by atoms with Crippen molar-refractivity contribution in [1.82, 2.24) is 20.4 Å². The number of H-pyrrole nitrogens is 1. The molecule has 0 saturated heterocycles. The van der Waals surface area contributed by atoms with Crippen molar-refractivity contribution in [3.63, 3.8) is 0 Å². The van der Waals surface area contributed by atoms with E-state index in [0.717, 1.165) is 32.1 Å². The van der Waals surface area contributed by atoms with Crippen molar-refractivity contribution in [1.29, 1.82) is 0 Å². The average Bonchev–Trinajstić information content (AvgIpc) is 2.84. The van der Waals surface area contributed by atoms with Crippen LogP contribution in [0.25, 0.3) is 0 Å². The fourth-order valence-electron chi connectivity index (χ4n) is 3.03. The summed E-state index contributed by atoms with van der Waals surface area (Å²) in [5, 5.41) is 10.2. The largest absolute Gasteiger partial charge is 0.381 e. The van der Waals surface area contributed by atoms with E-state index in [1.165, 1.54) is 11.3 Å². The number of nitrogens with zero attached hydrogens (tertiary/aromatic N) is 2. The monoisotopic (exact) mass is 278 g/mol. The van der Waals surface area contributed by atoms with Crippen molar-refractivity contribution in [2.45, 2.75) is 50.3 Å². The molecule has 2 aliphatic rings. The lowest BCUT2D eigenvalue weighted by Gasteiger charge is -2.40. The third-order valence-corrected chi connectivity index (χ3v) is 4.62. The predicted octanol–water partition coefficient (Wildman–Crippen LogP) is 1.09. The van der Waals surface area contributed by atoms with Gasteiger partial charge in [0.25, 0.3) is 0 Å². The molecule has 1 unspecified atom stereocenters. The van der Waals surface area contributed by atoms with E-state index in [1.807, 2.05) is 18.1 Å². The molecule has 6 nitrogen and oxygen atoms in total. The third kappa shape index (κ3) is 2.52. The number of hydrogen-bond acceptors (Lipinski definition) is 3. The van der Waals surface area contributed by atoms with E-state index >= 15 is 0 Å². The molecule has 20 heavy (non-hydrogen) atoms. The number of hydrogen-bond donors (Lipinski definition) is 2. The normalized spacial score (nSPS) is 28.4. The first kappa shape index (κ1) is 13.4. The zero-order valence-corrected chi connectivity index (χ0v) is 12.1. The Hall–Kier alpha value is -1.56. The second kappa shape index (κ2) is 5.44. The molecule has 1 aromatic heterocycles. The van der Waals surface area contributed by atoms with Gasteiger partial charge in [-0.1, -0.05) is 0 Å². The molecule has 0 radical (unpaired) electrons. The summed E-state index contributed by atoms with van der Waals surface area (Å²) in [6.07, 6.45) is 6.87. The molecular weight excluding hydrogens is 256 g/mol. The highest BCUT2D eigenvalue weighted by molar-refractivity contribution is 5.74. The van der Waals surface area contributed by atoms with Gasteiger partial charge in [-0.3, -0.25) is 5.10 Å². The second-order valence-corrected chi connectivity index (χ2v) is 5.86. The molecule has 2 aliphatic carbocycles. The van der Waals surface area contributed by atoms with Gasteiger partial charge in [0.1, 0.15) is 0 Å². The summed E-state index contributed by atoms with van der Waals surface area (Å²) >= 11 is 0. The molecule has 0 bridgehead atoms. The maximum Gasteiger partial charge on any atom is 0.317 e. The number of carbonyl (C=O) groups is 1. The van der Waals surface area contributed by atoms with Crippen molar-refractivity contribution in [3.05, 3.63) is 17.5 Å². The van der Waals surface area contributed by atoms with Gasteiger partial charge in [-0.15, -0.1) is 0 Å². The maximum atomic E-state index is 12.2. The van der Waals surface area contributed by atoms with Gasteiger partial charge in [-0.05, 0) is 37.7 Å². The Kier molecular flexibility index (Phi) is 3.65. The smallest absolute Gasteiger partial charge is 0.317 e. The lowest BCUT2D eigenvalue weighted by Crippen LogP contribution is -2.53. The molecule has 1 saturated carbocycles. The predicted molar refractivity (Wildman–Crippen MR) is 74.5 cm³/mol. The van der Waals surface area contributed by atoms with E-state index in [2.05, 4.69) is 15.5 Å². The SMILES string of the molecule is COC1CC(N(C)C(=O)NC2CCc3[nH]ncc3C2)C1. The summed E-state index contributed by atoms with van der Waals surface area (Å²) in [6, 6.07) is 0.558. The number of ether oxygens (including phenoxy) is 1. The second-order valence-electron chi connectivity index (χ2n) is 5.86. The van der Waals surface area contributed by atoms with Gasteiger partial charge >= 0.3 is 6.03 Å². The molecule has 1 fully saturated rings. The van der Waals surface area contributed by atoms with Crippen LogP contribution in [0.3, 0.4) is 0 Å². The van der Waals surface area contributed by atoms with Crippen LogP contribution in [0.5, 0.6) is 0 Å². The molecule has 1 atom stereocenters. The summed E-state index contributed by atoms with van der Waals surface area (Å²) in [7, 11) is 3.60. The van der Waals surface area contributed by atoms with Gasteiger partial charge in [0.15, 0.2) is 0 Å². The lowest BCUT2D eigenvalue weighted by atomic mass is 9.88. The van der Waals surface area contributed by atoms with E-state index in [1.54, 1.807) is 7.11 Å². The van der Waals surface area contributed by atoms with Crippen molar-refractivity contribution in [2.75, 3.05) is 14.2 Å². The quantitative estimate of drug-likeness (QED) is 0.869. The van der Waals surface area contributed by atoms with E-state index in [0.29, 0.717) is 12.1 Å². The topological polar surface area (TPSA) is 70.2 Å². The van der Waals surface area contributed by atoms with Crippen LogP contribution in [0.4, 0.5) is 4.79 Å². The fourth-order valence-corrected chi connectivity index (χ4v) is 3.03. The van der Waals surface area contributed by atoms with Crippen molar-refractivity contribution in [3.8, 4) is 0 Å². The van der Waals surface area contributed by atoms with Crippen LogP contribution in [0.15, 0.2) is 6.20 Å². The van der Waals surface area contributed by atoms with Gasteiger partial charge in [0.05, 0.1) is 12.3 Å². The number of nitrogens with one attached hydrogen (secondary N) is 2. The number of aromatic amines is 1. The summed E-state index contributed by atoms with van der Waals surface area (Å²) in [5.74, 6) is 0. The number of fused-ring (bicyclic) bond motifs is 1. The van der Waals surface area contributed by atoms with Gasteiger partial charge in [-0.25, -0.2) is 4.79 Å². The Morgan fingerprint density at radius 2 is 2.35 bits per heavy atom. The molecule has 110 valence electrons. The number of carbonyl (C=O) groups excluding carboxylic acids is 1. The van der Waals surface area contributed by atoms with E-state index < -0.39 is 0 Å². The van der Waals surface area contributed by atoms with Crippen molar-refractivity contribution >= 4 is 6.03 Å². The molecule has 6 heteroatoms. The van der Waals surface area contributed by atoms with Crippen LogP contribution in [0.2, 0.25) is 0 Å². The zero-order chi connectivity index (χ0) is 14.1. The summed E-state index contributed by atoms with van der Waals surface area (Å²) < 4.78 is 5.26. The number of methoxy groups -OCH3 is 1. The average molecular weight is 278 g/mol. The first-order valence-corrected chi connectivity index (χ1v) is 7.24. The fraction of sp³-hybridized carbons (Fsp3) is 0.714. The number of rotatable bonds is 3. The maximum absolute atomic E-state index is 12.2. The standard InChI is InChI=1S/C14H22N4O2/c1-18(11-6-12(7-11)20-2)14(19)16-10-3-4-13-9(5-10)8-15-17-13/h8,10-12H,3-7H2,1-2H3,(H,15,17)(H,16,19). The first-order valence-electron chi connectivity index (χ1n) is 7.24. The number of aromatic nitrogens is 2. The van der Waals surface area contributed by atoms with E-state index in [-0.39, 0.29) is 12.1 Å². The van der Waals surface area contributed by atoms with Crippen LogP contribution < -0.4 is 5.32 Å². The summed E-state index contributed by atoms with van der Waals surface area (Å²) in [5.41, 5.74) is 2.44. The van der Waals surface area contributed by atoms with Crippen LogP contribution >= 0.6 is 0 Å². The number of urea groups is 1. The Balaban J connectivity index is 1.50. The molecule has 0 spiro atoms. The Morgan fingerprint density at radius 1 is 1.55 bits per heavy atom. The van der Waals surface area contributed by atoms with Gasteiger partial charge in [0, 0.05) is 31.9 Å². The molecule has 2 N–H and O–H groups in total. The number of aryl methyl sites for hydroxylation is 1. The molecule has 3 rings (SSSR count). The molecular formula is C14H22N4O2.